The second kappa shape index (κ2) is 10.4. The van der Waals surface area contributed by atoms with E-state index < -0.39 is 53.7 Å². The van der Waals surface area contributed by atoms with Gasteiger partial charge in [0.15, 0.2) is 11.8 Å². The van der Waals surface area contributed by atoms with Crippen molar-refractivity contribution in [2.45, 2.75) is 44.0 Å². The Morgan fingerprint density at radius 3 is 2.49 bits per heavy atom. The molecular formula is C24H20F5N5O4S. The van der Waals surface area contributed by atoms with Gasteiger partial charge in [0.1, 0.15) is 29.6 Å². The smallest absolute Gasteiger partial charge is 0.435 e. The number of aromatic nitrogens is 3. The van der Waals surface area contributed by atoms with E-state index in [1.165, 1.54) is 22.3 Å². The Morgan fingerprint density at radius 2 is 1.85 bits per heavy atom. The summed E-state index contributed by atoms with van der Waals surface area (Å²) in [7, 11) is 0. The lowest BCUT2D eigenvalue weighted by Crippen LogP contribution is -2.40. The Bertz CT molecular complexity index is 1420. The van der Waals surface area contributed by atoms with Crippen LogP contribution in [0.3, 0.4) is 0 Å². The van der Waals surface area contributed by atoms with Crippen molar-refractivity contribution in [1.29, 1.82) is 0 Å². The van der Waals surface area contributed by atoms with E-state index in [1.54, 1.807) is 5.38 Å². The number of hydrogen-bond donors (Lipinski definition) is 1. The zero-order valence-electron chi connectivity index (χ0n) is 20.0. The second-order valence-corrected chi connectivity index (χ2v) is 9.96. The molecular weight excluding hydrogens is 549 g/mol. The molecule has 206 valence electrons. The molecule has 3 aromatic rings. The number of alkyl halides is 3. The Morgan fingerprint density at radius 1 is 1.15 bits per heavy atom. The fourth-order valence-electron chi connectivity index (χ4n) is 4.56. The van der Waals surface area contributed by atoms with E-state index in [9.17, 15) is 36.6 Å². The molecule has 1 atom stereocenters. The number of likely N-dealkylation sites (tertiary alicyclic amines) is 1. The predicted molar refractivity (Wildman–Crippen MR) is 126 cm³/mol. The van der Waals surface area contributed by atoms with Crippen molar-refractivity contribution in [2.75, 3.05) is 13.1 Å². The maximum absolute atomic E-state index is 14.1. The van der Waals surface area contributed by atoms with Gasteiger partial charge < -0.3 is 14.8 Å². The van der Waals surface area contributed by atoms with Gasteiger partial charge in [0, 0.05) is 36.9 Å². The summed E-state index contributed by atoms with van der Waals surface area (Å²) in [5.74, 6) is -3.59. The topological polar surface area (TPSA) is 110 Å². The van der Waals surface area contributed by atoms with E-state index >= 15 is 0 Å². The zero-order valence-corrected chi connectivity index (χ0v) is 20.8. The minimum atomic E-state index is -4.84. The van der Waals surface area contributed by atoms with Gasteiger partial charge in [-0.25, -0.2) is 23.2 Å². The summed E-state index contributed by atoms with van der Waals surface area (Å²) in [6.45, 7) is -0.0345. The third kappa shape index (κ3) is 5.48. The number of carbonyl (C=O) groups is 2. The number of aromatic carboxylic acids is 1. The number of piperidine rings is 1. The fraction of sp³-hybridized carbons (Fsp3) is 0.375. The summed E-state index contributed by atoms with van der Waals surface area (Å²) in [6.07, 6.45) is -4.53. The molecule has 1 aromatic carbocycles. The van der Waals surface area contributed by atoms with Crippen LogP contribution >= 0.6 is 11.3 Å². The van der Waals surface area contributed by atoms with Crippen molar-refractivity contribution >= 4 is 28.9 Å². The van der Waals surface area contributed by atoms with Crippen molar-refractivity contribution in [1.82, 2.24) is 19.7 Å². The molecule has 2 aliphatic rings. The number of oxime groups is 1. The molecule has 1 N–H and O–H groups in total. The lowest BCUT2D eigenvalue weighted by Gasteiger charge is -2.31. The highest BCUT2D eigenvalue weighted by Gasteiger charge is 2.37. The molecule has 39 heavy (non-hydrogen) atoms. The van der Waals surface area contributed by atoms with Gasteiger partial charge in [0.2, 0.25) is 5.91 Å². The Labute approximate surface area is 221 Å². The van der Waals surface area contributed by atoms with Crippen LogP contribution in [0.5, 0.6) is 0 Å². The number of rotatable bonds is 6. The number of halogens is 5. The van der Waals surface area contributed by atoms with Crippen LogP contribution in [-0.4, -0.2) is 55.4 Å². The fourth-order valence-corrected chi connectivity index (χ4v) is 5.56. The summed E-state index contributed by atoms with van der Waals surface area (Å²) in [5, 5.41) is 19.0. The van der Waals surface area contributed by atoms with Gasteiger partial charge in [-0.15, -0.1) is 11.3 Å². The van der Waals surface area contributed by atoms with Crippen LogP contribution in [0.1, 0.15) is 63.7 Å². The lowest BCUT2D eigenvalue weighted by atomic mass is 9.97. The number of amides is 1. The van der Waals surface area contributed by atoms with Crippen LogP contribution in [0.25, 0.3) is 0 Å². The van der Waals surface area contributed by atoms with E-state index in [1.807, 2.05) is 0 Å². The second-order valence-electron chi connectivity index (χ2n) is 9.07. The maximum atomic E-state index is 14.1. The zero-order chi connectivity index (χ0) is 27.9. The average molecular weight is 570 g/mol. The van der Waals surface area contributed by atoms with Crippen molar-refractivity contribution < 1.29 is 41.5 Å². The summed E-state index contributed by atoms with van der Waals surface area (Å²) in [6, 6.07) is 3.97. The summed E-state index contributed by atoms with van der Waals surface area (Å²) >= 11 is 1.38. The van der Waals surface area contributed by atoms with Crippen molar-refractivity contribution in [3.05, 3.63) is 68.9 Å². The molecule has 2 aliphatic heterocycles. The molecule has 1 amide bonds. The van der Waals surface area contributed by atoms with Gasteiger partial charge in [0.05, 0.1) is 16.3 Å². The number of carboxylic acid groups (broad SMARTS) is 1. The maximum Gasteiger partial charge on any atom is 0.435 e. The molecule has 1 unspecified atom stereocenters. The van der Waals surface area contributed by atoms with Crippen LogP contribution in [0.4, 0.5) is 22.0 Å². The van der Waals surface area contributed by atoms with Crippen LogP contribution < -0.4 is 0 Å². The van der Waals surface area contributed by atoms with E-state index in [-0.39, 0.29) is 17.9 Å². The molecule has 4 heterocycles. The number of carbonyl (C=O) groups excluding carboxylic acids is 1. The Hall–Kier alpha value is -3.88. The standard InChI is InChI=1S/C24H20F5N5O4S/c25-13-2-1-3-14(26)21(13)18-8-15(32-38-18)16-11-39-22(30-16)12-4-6-33(7-5-12)20(35)10-34-17(23(36)37)9-19(31-34)24(27,28)29/h1-3,9,11-12,18H,4-8,10H2,(H,36,37). The molecule has 0 spiro atoms. The normalized spacial score (nSPS) is 18.2. The van der Waals surface area contributed by atoms with Crippen LogP contribution in [0.15, 0.2) is 34.8 Å². The highest BCUT2D eigenvalue weighted by molar-refractivity contribution is 7.10. The van der Waals surface area contributed by atoms with Crippen molar-refractivity contribution in [2.24, 2.45) is 5.16 Å². The van der Waals surface area contributed by atoms with E-state index in [2.05, 4.69) is 15.2 Å². The minimum absolute atomic E-state index is 0.00615. The molecule has 15 heteroatoms. The number of thiazole rings is 1. The van der Waals surface area contributed by atoms with Gasteiger partial charge >= 0.3 is 12.1 Å². The first-order chi connectivity index (χ1) is 18.5. The van der Waals surface area contributed by atoms with Crippen LogP contribution in [-0.2, 0) is 22.4 Å². The average Bonchev–Trinajstić information content (AvgIpc) is 3.63. The molecule has 0 saturated carbocycles. The van der Waals surface area contributed by atoms with Gasteiger partial charge in [-0.3, -0.25) is 4.79 Å². The first kappa shape index (κ1) is 26.7. The summed E-state index contributed by atoms with van der Waals surface area (Å²) < 4.78 is 67.6. The van der Waals surface area contributed by atoms with E-state index in [0.29, 0.717) is 48.1 Å². The molecule has 0 aliphatic carbocycles. The SMILES string of the molecule is O=C(O)c1cc(C(F)(F)F)nn1CC(=O)N1CCC(c2nc(C3=NOC(c4c(F)cccc4F)C3)cs2)CC1. The third-order valence-electron chi connectivity index (χ3n) is 6.58. The first-order valence-electron chi connectivity index (χ1n) is 11.8. The number of benzene rings is 1. The van der Waals surface area contributed by atoms with E-state index in [0.717, 1.165) is 17.1 Å². The van der Waals surface area contributed by atoms with Gasteiger partial charge in [-0.1, -0.05) is 11.2 Å². The molecule has 0 radical (unpaired) electrons. The van der Waals surface area contributed by atoms with Crippen LogP contribution in [0, 0.1) is 11.6 Å². The van der Waals surface area contributed by atoms with Crippen molar-refractivity contribution in [3.63, 3.8) is 0 Å². The van der Waals surface area contributed by atoms with Crippen LogP contribution in [0.2, 0.25) is 0 Å². The predicted octanol–water partition coefficient (Wildman–Crippen LogP) is 4.61. The highest BCUT2D eigenvalue weighted by Crippen LogP contribution is 2.35. The molecule has 1 saturated heterocycles. The lowest BCUT2D eigenvalue weighted by molar-refractivity contribution is -0.142. The quantitative estimate of drug-likeness (QED) is 0.435. The number of carboxylic acids is 1. The molecule has 1 fully saturated rings. The highest BCUT2D eigenvalue weighted by atomic mass is 32.1. The molecule has 9 nitrogen and oxygen atoms in total. The minimum Gasteiger partial charge on any atom is -0.477 e. The summed E-state index contributed by atoms with van der Waals surface area (Å²) in [5.41, 5.74) is -1.30. The Balaban J connectivity index is 1.18. The monoisotopic (exact) mass is 569 g/mol. The van der Waals surface area contributed by atoms with E-state index in [4.69, 9.17) is 4.84 Å². The third-order valence-corrected chi connectivity index (χ3v) is 7.59. The first-order valence-corrected chi connectivity index (χ1v) is 12.7. The molecule has 0 bridgehead atoms. The van der Waals surface area contributed by atoms with Gasteiger partial charge in [-0.05, 0) is 25.0 Å². The summed E-state index contributed by atoms with van der Waals surface area (Å²) in [4.78, 5) is 35.4. The number of hydrogen-bond acceptors (Lipinski definition) is 7. The molecule has 2 aromatic heterocycles. The Kier molecular flexibility index (Phi) is 7.09. The van der Waals surface area contributed by atoms with Crippen molar-refractivity contribution in [3.8, 4) is 0 Å². The number of nitrogens with zero attached hydrogens (tertiary/aromatic N) is 5. The largest absolute Gasteiger partial charge is 0.477 e. The van der Waals surface area contributed by atoms with Gasteiger partial charge in [-0.2, -0.15) is 18.3 Å². The molecule has 5 rings (SSSR count). The van der Waals surface area contributed by atoms with Gasteiger partial charge in [0.25, 0.3) is 0 Å².